The Morgan fingerprint density at radius 1 is 1.37 bits per heavy atom. The summed E-state index contributed by atoms with van der Waals surface area (Å²) in [6.07, 6.45) is 0. The minimum Gasteiger partial charge on any atom is -0.422 e. The SMILES string of the molecule is C/C(N)=C1/C(=N)OC(N)=C(C#N)C1c1ccccc1. The van der Waals surface area contributed by atoms with Gasteiger partial charge in [0, 0.05) is 11.3 Å². The minimum absolute atomic E-state index is 0.0358. The first-order chi connectivity index (χ1) is 9.06. The molecule has 5 N–H and O–H groups in total. The fourth-order valence-corrected chi connectivity index (χ4v) is 2.14. The zero-order valence-corrected chi connectivity index (χ0v) is 10.5. The van der Waals surface area contributed by atoms with E-state index >= 15 is 0 Å². The fourth-order valence-electron chi connectivity index (χ4n) is 2.14. The number of hydrogen-bond donors (Lipinski definition) is 3. The first kappa shape index (κ1) is 12.7. The lowest BCUT2D eigenvalue weighted by Crippen LogP contribution is -2.28. The van der Waals surface area contributed by atoms with Gasteiger partial charge in [0.15, 0.2) is 0 Å². The van der Waals surface area contributed by atoms with Crippen molar-refractivity contribution in [2.75, 3.05) is 0 Å². The summed E-state index contributed by atoms with van der Waals surface area (Å²) in [4.78, 5) is 0. The number of nitrogens with one attached hydrogen (secondary N) is 1. The Bertz CT molecular complexity index is 619. The molecular formula is C14H14N4O. The van der Waals surface area contributed by atoms with Gasteiger partial charge < -0.3 is 16.2 Å². The molecule has 0 fully saturated rings. The number of nitrogens with two attached hydrogens (primary N) is 2. The van der Waals surface area contributed by atoms with Crippen LogP contribution >= 0.6 is 0 Å². The maximum Gasteiger partial charge on any atom is 0.219 e. The molecule has 1 unspecified atom stereocenters. The molecule has 96 valence electrons. The molecular weight excluding hydrogens is 240 g/mol. The van der Waals surface area contributed by atoms with E-state index in [4.69, 9.17) is 21.6 Å². The predicted octanol–water partition coefficient (Wildman–Crippen LogP) is 1.70. The average molecular weight is 254 g/mol. The smallest absolute Gasteiger partial charge is 0.219 e. The number of nitrogens with zero attached hydrogens (tertiary/aromatic N) is 1. The van der Waals surface area contributed by atoms with Crippen molar-refractivity contribution in [3.8, 4) is 6.07 Å². The summed E-state index contributed by atoms with van der Waals surface area (Å²) in [6, 6.07) is 11.4. The van der Waals surface area contributed by atoms with Crippen LogP contribution in [0.2, 0.25) is 0 Å². The highest BCUT2D eigenvalue weighted by Gasteiger charge is 2.34. The molecule has 0 amide bonds. The zero-order valence-electron chi connectivity index (χ0n) is 10.5. The van der Waals surface area contributed by atoms with Crippen LogP contribution in [-0.4, -0.2) is 5.90 Å². The lowest BCUT2D eigenvalue weighted by molar-refractivity contribution is 0.383. The van der Waals surface area contributed by atoms with Gasteiger partial charge in [0.1, 0.15) is 11.6 Å². The lowest BCUT2D eigenvalue weighted by atomic mass is 9.82. The molecule has 0 saturated heterocycles. The van der Waals surface area contributed by atoms with E-state index in [1.807, 2.05) is 30.3 Å². The van der Waals surface area contributed by atoms with Gasteiger partial charge in [-0.3, -0.25) is 5.41 Å². The molecule has 2 rings (SSSR count). The van der Waals surface area contributed by atoms with Gasteiger partial charge in [0.05, 0.1) is 5.92 Å². The van der Waals surface area contributed by atoms with E-state index in [2.05, 4.69) is 6.07 Å². The van der Waals surface area contributed by atoms with Crippen molar-refractivity contribution >= 4 is 5.90 Å². The molecule has 0 aromatic heterocycles. The highest BCUT2D eigenvalue weighted by Crippen LogP contribution is 2.37. The lowest BCUT2D eigenvalue weighted by Gasteiger charge is -2.27. The number of hydrogen-bond acceptors (Lipinski definition) is 5. The van der Waals surface area contributed by atoms with Crippen LogP contribution in [0.25, 0.3) is 0 Å². The molecule has 0 saturated carbocycles. The topological polar surface area (TPSA) is 109 Å². The number of rotatable bonds is 1. The molecule has 0 aliphatic carbocycles. The molecule has 0 radical (unpaired) electrons. The van der Waals surface area contributed by atoms with Crippen molar-refractivity contribution in [2.24, 2.45) is 11.5 Å². The summed E-state index contributed by atoms with van der Waals surface area (Å²) in [7, 11) is 0. The van der Waals surface area contributed by atoms with E-state index in [1.165, 1.54) is 0 Å². The molecule has 1 atom stereocenters. The third-order valence-corrected chi connectivity index (χ3v) is 2.98. The average Bonchev–Trinajstić information content (AvgIpc) is 2.38. The minimum atomic E-state index is -0.447. The first-order valence-corrected chi connectivity index (χ1v) is 5.74. The van der Waals surface area contributed by atoms with Gasteiger partial charge in [-0.2, -0.15) is 5.26 Å². The molecule has 5 nitrogen and oxygen atoms in total. The van der Waals surface area contributed by atoms with Gasteiger partial charge in [-0.05, 0) is 12.5 Å². The zero-order chi connectivity index (χ0) is 14.0. The van der Waals surface area contributed by atoms with Crippen LogP contribution in [0.3, 0.4) is 0 Å². The molecule has 5 heteroatoms. The second-order valence-electron chi connectivity index (χ2n) is 4.26. The van der Waals surface area contributed by atoms with Crippen LogP contribution in [-0.2, 0) is 4.74 Å². The highest BCUT2D eigenvalue weighted by molar-refractivity contribution is 5.96. The van der Waals surface area contributed by atoms with Gasteiger partial charge >= 0.3 is 0 Å². The quantitative estimate of drug-likeness (QED) is 0.708. The maximum absolute atomic E-state index is 9.28. The summed E-state index contributed by atoms with van der Waals surface area (Å²) in [5.74, 6) is -0.589. The summed E-state index contributed by atoms with van der Waals surface area (Å²) in [5, 5.41) is 17.1. The van der Waals surface area contributed by atoms with E-state index in [0.29, 0.717) is 11.3 Å². The molecule has 1 aliphatic rings. The standard InChI is InChI=1S/C14H14N4O/c1-8(16)11-12(9-5-3-2-4-6-9)10(7-15)13(17)19-14(11)18/h2-6,12,18H,16-17H2,1H3/b11-8-,18-14?. The number of allylic oxidation sites excluding steroid dienone is 2. The summed E-state index contributed by atoms with van der Waals surface area (Å²) in [5.41, 5.74) is 13.6. The van der Waals surface area contributed by atoms with Crippen LogP contribution < -0.4 is 11.5 Å². The van der Waals surface area contributed by atoms with Crippen molar-refractivity contribution in [3.05, 3.63) is 58.6 Å². The van der Waals surface area contributed by atoms with Crippen molar-refractivity contribution in [1.29, 1.82) is 10.7 Å². The van der Waals surface area contributed by atoms with Crippen LogP contribution in [0.15, 0.2) is 53.1 Å². The molecule has 1 aromatic carbocycles. The highest BCUT2D eigenvalue weighted by atomic mass is 16.5. The number of benzene rings is 1. The number of ether oxygens (including phenoxy) is 1. The van der Waals surface area contributed by atoms with Crippen LogP contribution in [0.5, 0.6) is 0 Å². The molecule has 1 aliphatic heterocycles. The second kappa shape index (κ2) is 4.86. The molecule has 0 spiro atoms. The van der Waals surface area contributed by atoms with E-state index < -0.39 is 5.92 Å². The Balaban J connectivity index is 2.69. The van der Waals surface area contributed by atoms with Gasteiger partial charge in [0.2, 0.25) is 11.8 Å². The molecule has 1 heterocycles. The normalized spacial score (nSPS) is 21.7. The third-order valence-electron chi connectivity index (χ3n) is 2.98. The summed E-state index contributed by atoms with van der Waals surface area (Å²) >= 11 is 0. The molecule has 1 aromatic rings. The van der Waals surface area contributed by atoms with Gasteiger partial charge in [-0.15, -0.1) is 0 Å². The Morgan fingerprint density at radius 3 is 2.53 bits per heavy atom. The van der Waals surface area contributed by atoms with E-state index in [1.54, 1.807) is 6.92 Å². The summed E-state index contributed by atoms with van der Waals surface area (Å²) < 4.78 is 5.10. The Hall–Kier alpha value is -2.74. The number of nitriles is 1. The maximum atomic E-state index is 9.28. The summed E-state index contributed by atoms with van der Waals surface area (Å²) in [6.45, 7) is 1.68. The van der Waals surface area contributed by atoms with Crippen LogP contribution in [0.1, 0.15) is 18.4 Å². The second-order valence-corrected chi connectivity index (χ2v) is 4.26. The van der Waals surface area contributed by atoms with Crippen molar-refractivity contribution in [1.82, 2.24) is 0 Å². The first-order valence-electron chi connectivity index (χ1n) is 5.74. The monoisotopic (exact) mass is 254 g/mol. The van der Waals surface area contributed by atoms with Crippen LogP contribution in [0, 0.1) is 16.7 Å². The predicted molar refractivity (Wildman–Crippen MR) is 71.7 cm³/mol. The van der Waals surface area contributed by atoms with Crippen molar-refractivity contribution < 1.29 is 4.74 Å². The van der Waals surface area contributed by atoms with Gasteiger partial charge in [-0.1, -0.05) is 30.3 Å². The molecule has 19 heavy (non-hydrogen) atoms. The van der Waals surface area contributed by atoms with Crippen LogP contribution in [0.4, 0.5) is 0 Å². The Morgan fingerprint density at radius 2 is 2.00 bits per heavy atom. The van der Waals surface area contributed by atoms with E-state index in [-0.39, 0.29) is 17.4 Å². The Kier molecular flexibility index (Phi) is 3.25. The van der Waals surface area contributed by atoms with Crippen molar-refractivity contribution in [2.45, 2.75) is 12.8 Å². The van der Waals surface area contributed by atoms with E-state index in [9.17, 15) is 5.26 Å². The fraction of sp³-hybridized carbons (Fsp3) is 0.143. The van der Waals surface area contributed by atoms with Crippen molar-refractivity contribution in [3.63, 3.8) is 0 Å². The van der Waals surface area contributed by atoms with Gasteiger partial charge in [-0.25, -0.2) is 0 Å². The van der Waals surface area contributed by atoms with E-state index in [0.717, 1.165) is 5.56 Å². The Labute approximate surface area is 111 Å². The van der Waals surface area contributed by atoms with Gasteiger partial charge in [0.25, 0.3) is 0 Å². The largest absolute Gasteiger partial charge is 0.422 e. The molecule has 0 bridgehead atoms. The third kappa shape index (κ3) is 2.16.